The third-order valence-electron chi connectivity index (χ3n) is 4.91. The molecule has 3 nitrogen and oxygen atoms in total. The second kappa shape index (κ2) is 6.12. The Morgan fingerprint density at radius 1 is 0.577 bits per heavy atom. The summed E-state index contributed by atoms with van der Waals surface area (Å²) in [6.45, 7) is 0. The molecule has 1 aliphatic carbocycles. The Labute approximate surface area is 152 Å². The summed E-state index contributed by atoms with van der Waals surface area (Å²) in [4.78, 5) is 11.0. The molecule has 0 saturated heterocycles. The van der Waals surface area contributed by atoms with Gasteiger partial charge in [-0.2, -0.15) is 0 Å². The van der Waals surface area contributed by atoms with Crippen LogP contribution in [0, 0.1) is 0 Å². The van der Waals surface area contributed by atoms with E-state index < -0.39 is 0 Å². The molecule has 0 unspecified atom stereocenters. The second-order valence-corrected chi connectivity index (χ2v) is 6.37. The van der Waals surface area contributed by atoms with Crippen molar-refractivity contribution in [3.8, 4) is 11.1 Å². The summed E-state index contributed by atoms with van der Waals surface area (Å²) in [7, 11) is 0. The van der Waals surface area contributed by atoms with Crippen molar-refractivity contribution in [3.05, 3.63) is 109 Å². The Bertz CT molecular complexity index is 960. The highest BCUT2D eigenvalue weighted by molar-refractivity contribution is 5.82. The molecule has 2 heterocycles. The summed E-state index contributed by atoms with van der Waals surface area (Å²) in [6, 6.07) is 25.6. The van der Waals surface area contributed by atoms with E-state index in [1.54, 1.807) is 0 Å². The number of pyridine rings is 2. The second-order valence-electron chi connectivity index (χ2n) is 6.37. The third-order valence-corrected chi connectivity index (χ3v) is 4.91. The van der Waals surface area contributed by atoms with Gasteiger partial charge in [0.05, 0.1) is 29.8 Å². The van der Waals surface area contributed by atoms with E-state index in [1.807, 2.05) is 36.9 Å². The number of benzene rings is 2. The monoisotopic (exact) mass is 335 g/mol. The fraction of sp³-hybridized carbons (Fsp3) is 0.0435. The highest BCUT2D eigenvalue weighted by Gasteiger charge is 2.33. The van der Waals surface area contributed by atoms with Gasteiger partial charge in [0, 0.05) is 12.4 Å². The van der Waals surface area contributed by atoms with Gasteiger partial charge in [0.15, 0.2) is 0 Å². The molecule has 0 amide bonds. The minimum Gasteiger partial charge on any atom is -0.327 e. The van der Waals surface area contributed by atoms with E-state index in [4.69, 9.17) is 0 Å². The lowest BCUT2D eigenvalue weighted by Gasteiger charge is -2.32. The van der Waals surface area contributed by atoms with E-state index in [9.17, 15) is 0 Å². The number of anilines is 2. The van der Waals surface area contributed by atoms with Crippen molar-refractivity contribution in [1.82, 2.24) is 9.97 Å². The van der Waals surface area contributed by atoms with E-state index in [-0.39, 0.29) is 6.04 Å². The Morgan fingerprint density at radius 2 is 1.08 bits per heavy atom. The summed E-state index contributed by atoms with van der Waals surface area (Å²) in [5, 5.41) is 0. The van der Waals surface area contributed by atoms with Gasteiger partial charge < -0.3 is 4.90 Å². The van der Waals surface area contributed by atoms with Gasteiger partial charge in [0.1, 0.15) is 0 Å². The van der Waals surface area contributed by atoms with Crippen LogP contribution in [0.15, 0.2) is 97.6 Å². The molecule has 0 saturated carbocycles. The number of aromatic nitrogens is 2. The van der Waals surface area contributed by atoms with Crippen molar-refractivity contribution in [2.45, 2.75) is 6.04 Å². The van der Waals surface area contributed by atoms with Crippen LogP contribution in [-0.4, -0.2) is 9.97 Å². The Balaban J connectivity index is 1.77. The molecule has 4 aromatic rings. The average Bonchev–Trinajstić information content (AvgIpc) is 3.05. The standard InChI is InChI=1S/C23H17N3/c1-3-11-21-19(9-1)20-10-2-4-12-22(20)23(21)26(17-7-5-13-24-15-17)18-8-6-14-25-16-18/h1-16,23H. The van der Waals surface area contributed by atoms with Gasteiger partial charge >= 0.3 is 0 Å². The molecule has 0 radical (unpaired) electrons. The van der Waals surface area contributed by atoms with E-state index in [1.165, 1.54) is 22.3 Å². The van der Waals surface area contributed by atoms with Crippen LogP contribution < -0.4 is 4.90 Å². The van der Waals surface area contributed by atoms with Crippen molar-refractivity contribution < 1.29 is 0 Å². The van der Waals surface area contributed by atoms with Crippen LogP contribution in [0.1, 0.15) is 17.2 Å². The lowest BCUT2D eigenvalue weighted by atomic mass is 10.0. The van der Waals surface area contributed by atoms with Crippen LogP contribution in [0.3, 0.4) is 0 Å². The van der Waals surface area contributed by atoms with Crippen molar-refractivity contribution in [2.75, 3.05) is 4.90 Å². The summed E-state index contributed by atoms with van der Waals surface area (Å²) < 4.78 is 0. The molecule has 5 rings (SSSR count). The first-order valence-electron chi connectivity index (χ1n) is 8.71. The number of rotatable bonds is 3. The van der Waals surface area contributed by atoms with Gasteiger partial charge in [-0.1, -0.05) is 48.5 Å². The van der Waals surface area contributed by atoms with E-state index in [0.29, 0.717) is 0 Å². The van der Waals surface area contributed by atoms with Crippen molar-refractivity contribution in [3.63, 3.8) is 0 Å². The fourth-order valence-electron chi connectivity index (χ4n) is 3.85. The average molecular weight is 335 g/mol. The Kier molecular flexibility index (Phi) is 3.49. The van der Waals surface area contributed by atoms with Crippen LogP contribution in [0.5, 0.6) is 0 Å². The molecule has 0 atom stereocenters. The van der Waals surface area contributed by atoms with Gasteiger partial charge in [0.2, 0.25) is 0 Å². The predicted octanol–water partition coefficient (Wildman–Crippen LogP) is 5.38. The third kappa shape index (κ3) is 2.29. The maximum absolute atomic E-state index is 4.35. The smallest absolute Gasteiger partial charge is 0.0857 e. The minimum atomic E-state index is 0.0933. The van der Waals surface area contributed by atoms with Crippen LogP contribution in [0.2, 0.25) is 0 Å². The Morgan fingerprint density at radius 3 is 1.54 bits per heavy atom. The fourth-order valence-corrected chi connectivity index (χ4v) is 3.85. The molecule has 0 bridgehead atoms. The summed E-state index contributed by atoms with van der Waals surface area (Å²) in [6.07, 6.45) is 7.44. The first kappa shape index (κ1) is 14.8. The van der Waals surface area contributed by atoms with Gasteiger partial charge in [-0.15, -0.1) is 0 Å². The maximum atomic E-state index is 4.35. The summed E-state index contributed by atoms with van der Waals surface area (Å²) in [5.41, 5.74) is 7.31. The molecule has 0 N–H and O–H groups in total. The van der Waals surface area contributed by atoms with Crippen LogP contribution in [-0.2, 0) is 0 Å². The van der Waals surface area contributed by atoms with Gasteiger partial charge in [-0.05, 0) is 46.5 Å². The van der Waals surface area contributed by atoms with Crippen molar-refractivity contribution in [1.29, 1.82) is 0 Å². The molecule has 3 heteroatoms. The maximum Gasteiger partial charge on any atom is 0.0857 e. The molecular weight excluding hydrogens is 318 g/mol. The van der Waals surface area contributed by atoms with Crippen LogP contribution >= 0.6 is 0 Å². The molecule has 0 fully saturated rings. The number of fused-ring (bicyclic) bond motifs is 3. The van der Waals surface area contributed by atoms with Crippen molar-refractivity contribution >= 4 is 11.4 Å². The first-order valence-corrected chi connectivity index (χ1v) is 8.71. The largest absolute Gasteiger partial charge is 0.327 e. The molecule has 2 aromatic carbocycles. The highest BCUT2D eigenvalue weighted by atomic mass is 15.2. The first-order chi connectivity index (χ1) is 12.9. The van der Waals surface area contributed by atoms with Gasteiger partial charge in [0.25, 0.3) is 0 Å². The van der Waals surface area contributed by atoms with Gasteiger partial charge in [-0.3, -0.25) is 9.97 Å². The lowest BCUT2D eigenvalue weighted by molar-refractivity contribution is 0.837. The van der Waals surface area contributed by atoms with E-state index in [0.717, 1.165) is 11.4 Å². The summed E-state index contributed by atoms with van der Waals surface area (Å²) in [5.74, 6) is 0. The van der Waals surface area contributed by atoms with Crippen molar-refractivity contribution in [2.24, 2.45) is 0 Å². The lowest BCUT2D eigenvalue weighted by Crippen LogP contribution is -2.23. The zero-order valence-electron chi connectivity index (χ0n) is 14.2. The van der Waals surface area contributed by atoms with Crippen LogP contribution in [0.25, 0.3) is 11.1 Å². The van der Waals surface area contributed by atoms with Crippen LogP contribution in [0.4, 0.5) is 11.4 Å². The molecule has 26 heavy (non-hydrogen) atoms. The number of nitrogens with zero attached hydrogens (tertiary/aromatic N) is 3. The molecule has 2 aromatic heterocycles. The normalized spacial score (nSPS) is 12.5. The Hall–Kier alpha value is -3.46. The van der Waals surface area contributed by atoms with Gasteiger partial charge in [-0.25, -0.2) is 0 Å². The molecular formula is C23H17N3. The zero-order valence-corrected chi connectivity index (χ0v) is 14.2. The predicted molar refractivity (Wildman–Crippen MR) is 104 cm³/mol. The number of hydrogen-bond acceptors (Lipinski definition) is 3. The topological polar surface area (TPSA) is 29.0 Å². The molecule has 0 aliphatic heterocycles. The highest BCUT2D eigenvalue weighted by Crippen LogP contribution is 2.49. The molecule has 1 aliphatic rings. The quantitative estimate of drug-likeness (QED) is 0.503. The summed E-state index contributed by atoms with van der Waals surface area (Å²) >= 11 is 0. The van der Waals surface area contributed by atoms with E-state index >= 15 is 0 Å². The van der Waals surface area contributed by atoms with E-state index in [2.05, 4.69) is 75.5 Å². The molecule has 0 spiro atoms. The zero-order chi connectivity index (χ0) is 17.3. The SMILES string of the molecule is c1cncc(N(c2cccnc2)C2c3ccccc3-c3ccccc32)c1. The minimum absolute atomic E-state index is 0.0933. The number of hydrogen-bond donors (Lipinski definition) is 0. The molecule has 124 valence electrons.